The van der Waals surface area contributed by atoms with Crippen LogP contribution in [0.25, 0.3) is 0 Å². The van der Waals surface area contributed by atoms with E-state index >= 15 is 0 Å². The lowest BCUT2D eigenvalue weighted by Crippen LogP contribution is -2.20. The highest BCUT2D eigenvalue weighted by Gasteiger charge is 2.10. The van der Waals surface area contributed by atoms with Crippen molar-refractivity contribution in [3.8, 4) is 0 Å². The van der Waals surface area contributed by atoms with Crippen LogP contribution in [0, 0.1) is 0 Å². The summed E-state index contributed by atoms with van der Waals surface area (Å²) >= 11 is 0. The molecule has 0 aromatic rings. The van der Waals surface area contributed by atoms with Crippen LogP contribution in [-0.2, 0) is 4.74 Å². The van der Waals surface area contributed by atoms with E-state index in [1.165, 1.54) is 6.42 Å². The largest absolute Gasteiger partial charge is 0.467 e. The third-order valence-corrected chi connectivity index (χ3v) is 1.86. The molecule has 0 radical (unpaired) electrons. The summed E-state index contributed by atoms with van der Waals surface area (Å²) in [7, 11) is 0. The van der Waals surface area contributed by atoms with E-state index in [1.807, 2.05) is 12.2 Å². The van der Waals surface area contributed by atoms with Crippen molar-refractivity contribution in [3.63, 3.8) is 0 Å². The number of allylic oxidation sites excluding steroid dienone is 4. The maximum Gasteiger partial charge on any atom is 0.126 e. The van der Waals surface area contributed by atoms with Crippen molar-refractivity contribution >= 4 is 0 Å². The van der Waals surface area contributed by atoms with Crippen LogP contribution in [0.5, 0.6) is 0 Å². The summed E-state index contributed by atoms with van der Waals surface area (Å²) in [6.45, 7) is 1.06. The highest BCUT2D eigenvalue weighted by molar-refractivity contribution is 5.27. The van der Waals surface area contributed by atoms with E-state index in [0.717, 1.165) is 24.4 Å². The Kier molecular flexibility index (Phi) is 1.68. The van der Waals surface area contributed by atoms with Crippen molar-refractivity contribution in [2.75, 3.05) is 6.54 Å². The van der Waals surface area contributed by atoms with Crippen molar-refractivity contribution in [3.05, 3.63) is 35.9 Å². The molecule has 58 valence electrons. The van der Waals surface area contributed by atoms with E-state index in [2.05, 4.69) is 11.4 Å². The van der Waals surface area contributed by atoms with E-state index in [1.54, 1.807) is 6.26 Å². The van der Waals surface area contributed by atoms with Gasteiger partial charge in [-0.15, -0.1) is 0 Å². The van der Waals surface area contributed by atoms with Gasteiger partial charge in [0.05, 0.1) is 12.0 Å². The van der Waals surface area contributed by atoms with Gasteiger partial charge in [0.15, 0.2) is 0 Å². The minimum Gasteiger partial charge on any atom is -0.467 e. The normalized spacial score (nSPS) is 21.8. The van der Waals surface area contributed by atoms with Gasteiger partial charge in [-0.1, -0.05) is 6.08 Å². The van der Waals surface area contributed by atoms with Gasteiger partial charge < -0.3 is 10.1 Å². The average molecular weight is 149 g/mol. The number of nitrogens with one attached hydrogen (secondary N) is 1. The van der Waals surface area contributed by atoms with Crippen molar-refractivity contribution in [2.24, 2.45) is 0 Å². The van der Waals surface area contributed by atoms with Crippen LogP contribution in [0.3, 0.4) is 0 Å². The van der Waals surface area contributed by atoms with Gasteiger partial charge in [-0.3, -0.25) is 0 Å². The molecule has 2 rings (SSSR count). The van der Waals surface area contributed by atoms with Crippen molar-refractivity contribution in [2.45, 2.75) is 12.8 Å². The second-order valence-corrected chi connectivity index (χ2v) is 2.67. The Balaban J connectivity index is 2.26. The topological polar surface area (TPSA) is 21.3 Å². The SMILES string of the molecule is C1=COC2=C(C=C1)NCCC2. The molecule has 11 heavy (non-hydrogen) atoms. The molecule has 0 bridgehead atoms. The van der Waals surface area contributed by atoms with Crippen LogP contribution in [-0.4, -0.2) is 6.54 Å². The molecular weight excluding hydrogens is 138 g/mol. The van der Waals surface area contributed by atoms with Gasteiger partial charge in [-0.2, -0.15) is 0 Å². The van der Waals surface area contributed by atoms with Crippen LogP contribution in [0.4, 0.5) is 0 Å². The Labute approximate surface area is 66.2 Å². The Morgan fingerprint density at radius 3 is 3.36 bits per heavy atom. The van der Waals surface area contributed by atoms with Gasteiger partial charge >= 0.3 is 0 Å². The van der Waals surface area contributed by atoms with Gasteiger partial charge in [-0.05, 0) is 18.6 Å². The molecule has 0 saturated heterocycles. The molecule has 0 spiro atoms. The monoisotopic (exact) mass is 149 g/mol. The molecule has 2 heterocycles. The molecular formula is C9H11NO. The third-order valence-electron chi connectivity index (χ3n) is 1.86. The lowest BCUT2D eigenvalue weighted by atomic mass is 10.1. The Hall–Kier alpha value is -1.18. The fraction of sp³-hybridized carbons (Fsp3) is 0.333. The summed E-state index contributed by atoms with van der Waals surface area (Å²) in [5.74, 6) is 1.07. The number of ether oxygens (including phenoxy) is 1. The zero-order valence-corrected chi connectivity index (χ0v) is 6.34. The maximum absolute atomic E-state index is 5.38. The quantitative estimate of drug-likeness (QED) is 0.565. The Morgan fingerprint density at radius 1 is 1.36 bits per heavy atom. The van der Waals surface area contributed by atoms with Gasteiger partial charge in [0.2, 0.25) is 0 Å². The van der Waals surface area contributed by atoms with E-state index in [0.29, 0.717) is 0 Å². The molecule has 0 atom stereocenters. The predicted octanol–water partition coefficient (Wildman–Crippen LogP) is 1.68. The van der Waals surface area contributed by atoms with Gasteiger partial charge in [0, 0.05) is 13.0 Å². The van der Waals surface area contributed by atoms with Crippen molar-refractivity contribution < 1.29 is 4.74 Å². The molecule has 1 N–H and O–H groups in total. The first kappa shape index (κ1) is 6.53. The number of hydrogen-bond donors (Lipinski definition) is 1. The molecule has 0 aromatic carbocycles. The van der Waals surface area contributed by atoms with E-state index < -0.39 is 0 Å². The highest BCUT2D eigenvalue weighted by Crippen LogP contribution is 2.18. The molecule has 0 unspecified atom stereocenters. The lowest BCUT2D eigenvalue weighted by Gasteiger charge is -2.17. The summed E-state index contributed by atoms with van der Waals surface area (Å²) in [5.41, 5.74) is 1.14. The fourth-order valence-electron chi connectivity index (χ4n) is 1.30. The van der Waals surface area contributed by atoms with Crippen LogP contribution >= 0.6 is 0 Å². The van der Waals surface area contributed by atoms with E-state index in [4.69, 9.17) is 4.74 Å². The Bertz CT molecular complexity index is 238. The first-order valence-electron chi connectivity index (χ1n) is 3.94. The molecule has 0 aliphatic carbocycles. The van der Waals surface area contributed by atoms with Crippen LogP contribution in [0.2, 0.25) is 0 Å². The second-order valence-electron chi connectivity index (χ2n) is 2.67. The minimum atomic E-state index is 1.05. The highest BCUT2D eigenvalue weighted by atomic mass is 16.5. The first-order chi connectivity index (χ1) is 5.47. The summed E-state index contributed by atoms with van der Waals surface area (Å²) in [5, 5.41) is 3.29. The van der Waals surface area contributed by atoms with Crippen LogP contribution < -0.4 is 5.32 Å². The molecule has 2 aliphatic rings. The van der Waals surface area contributed by atoms with Gasteiger partial charge in [0.1, 0.15) is 5.76 Å². The zero-order valence-electron chi connectivity index (χ0n) is 6.34. The number of rotatable bonds is 0. The van der Waals surface area contributed by atoms with Gasteiger partial charge in [-0.25, -0.2) is 0 Å². The maximum atomic E-state index is 5.38. The van der Waals surface area contributed by atoms with Crippen molar-refractivity contribution in [1.82, 2.24) is 5.32 Å². The molecule has 2 aliphatic heterocycles. The zero-order chi connectivity index (χ0) is 7.52. The second kappa shape index (κ2) is 2.82. The summed E-state index contributed by atoms with van der Waals surface area (Å²) in [6, 6.07) is 0. The summed E-state index contributed by atoms with van der Waals surface area (Å²) in [6.07, 6.45) is 9.89. The van der Waals surface area contributed by atoms with E-state index in [-0.39, 0.29) is 0 Å². The molecule has 0 saturated carbocycles. The fourth-order valence-corrected chi connectivity index (χ4v) is 1.30. The molecule has 0 amide bonds. The van der Waals surface area contributed by atoms with Gasteiger partial charge in [0.25, 0.3) is 0 Å². The molecule has 0 aromatic heterocycles. The lowest BCUT2D eigenvalue weighted by molar-refractivity contribution is 0.314. The summed E-state index contributed by atoms with van der Waals surface area (Å²) in [4.78, 5) is 0. The molecule has 0 fully saturated rings. The standard InChI is InChI=1S/C9H11NO/c1-2-7-11-9-5-3-6-10-8(9)4-1/h1-2,4,7,10H,3,5-6H2. The smallest absolute Gasteiger partial charge is 0.126 e. The van der Waals surface area contributed by atoms with Crippen LogP contribution in [0.15, 0.2) is 35.9 Å². The first-order valence-corrected chi connectivity index (χ1v) is 3.94. The van der Waals surface area contributed by atoms with Crippen molar-refractivity contribution in [1.29, 1.82) is 0 Å². The number of hydrogen-bond acceptors (Lipinski definition) is 2. The minimum absolute atomic E-state index is 1.05. The van der Waals surface area contributed by atoms with Crippen LogP contribution in [0.1, 0.15) is 12.8 Å². The predicted molar refractivity (Wildman–Crippen MR) is 43.6 cm³/mol. The summed E-state index contributed by atoms with van der Waals surface area (Å²) < 4.78 is 5.38. The average Bonchev–Trinajstić information content (AvgIpc) is 2.28. The molecule has 2 heteroatoms. The molecule has 2 nitrogen and oxygen atoms in total. The van der Waals surface area contributed by atoms with E-state index in [9.17, 15) is 0 Å². The Morgan fingerprint density at radius 2 is 2.36 bits per heavy atom. The third kappa shape index (κ3) is 1.29.